The Morgan fingerprint density at radius 1 is 0.968 bits per heavy atom. The number of para-hydroxylation sites is 1. The lowest BCUT2D eigenvalue weighted by Gasteiger charge is -2.36. The number of halogens is 3. The third-order valence-corrected chi connectivity index (χ3v) is 5.67. The lowest BCUT2D eigenvalue weighted by atomic mass is 9.92. The third kappa shape index (κ3) is 3.32. The number of nitrogens with one attached hydrogen (secondary N) is 2. The van der Waals surface area contributed by atoms with Crippen molar-refractivity contribution in [2.24, 2.45) is 0 Å². The lowest BCUT2D eigenvalue weighted by molar-refractivity contribution is 0.191. The molecule has 0 fully saturated rings. The second-order valence-corrected chi connectivity index (χ2v) is 7.48. The van der Waals surface area contributed by atoms with Gasteiger partial charge in [0.25, 0.3) is 0 Å². The summed E-state index contributed by atoms with van der Waals surface area (Å²) in [5.41, 5.74) is 2.86. The largest absolute Gasteiger partial charge is 0.356 e. The van der Waals surface area contributed by atoms with Gasteiger partial charge in [0, 0.05) is 34.8 Å². The summed E-state index contributed by atoms with van der Waals surface area (Å²) in [6, 6.07) is 15.7. The average molecular weight is 421 g/mol. The normalized spacial score (nSPS) is 15.7. The Hall–Kier alpha value is -3.74. The number of nitrogens with zero attached hydrogens (tertiary/aromatic N) is 1. The number of H-pyrrole nitrogens is 1. The van der Waals surface area contributed by atoms with Crippen molar-refractivity contribution in [2.45, 2.75) is 12.5 Å². The van der Waals surface area contributed by atoms with Crippen molar-refractivity contribution in [3.05, 3.63) is 101 Å². The molecule has 1 aliphatic heterocycles. The number of fused-ring (bicyclic) bond motifs is 3. The van der Waals surface area contributed by atoms with E-state index < -0.39 is 29.5 Å². The first kappa shape index (κ1) is 19.2. The number of hydrogen-bond acceptors (Lipinski definition) is 1. The summed E-state index contributed by atoms with van der Waals surface area (Å²) in [6.45, 7) is 0.308. The van der Waals surface area contributed by atoms with Gasteiger partial charge in [-0.1, -0.05) is 36.4 Å². The summed E-state index contributed by atoms with van der Waals surface area (Å²) in [6.07, 6.45) is 0.559. The maximum atomic E-state index is 14.8. The molecule has 1 aromatic heterocycles. The van der Waals surface area contributed by atoms with Crippen molar-refractivity contribution < 1.29 is 18.0 Å². The predicted molar refractivity (Wildman–Crippen MR) is 112 cm³/mol. The molecule has 4 nitrogen and oxygen atoms in total. The van der Waals surface area contributed by atoms with E-state index >= 15 is 0 Å². The molecule has 31 heavy (non-hydrogen) atoms. The number of carbonyl (C=O) groups excluding carboxylic acids is 1. The van der Waals surface area contributed by atoms with Crippen LogP contribution in [-0.4, -0.2) is 22.5 Å². The van der Waals surface area contributed by atoms with Crippen LogP contribution in [0, 0.1) is 17.5 Å². The molecule has 2 heterocycles. The zero-order valence-electron chi connectivity index (χ0n) is 16.3. The molecule has 0 saturated carbocycles. The minimum Gasteiger partial charge on any atom is -0.356 e. The maximum Gasteiger partial charge on any atom is 0.322 e. The molecule has 5 rings (SSSR count). The molecule has 156 valence electrons. The van der Waals surface area contributed by atoms with E-state index in [0.29, 0.717) is 24.6 Å². The van der Waals surface area contributed by atoms with E-state index in [9.17, 15) is 18.0 Å². The van der Waals surface area contributed by atoms with Crippen LogP contribution in [0.15, 0.2) is 66.7 Å². The van der Waals surface area contributed by atoms with Gasteiger partial charge < -0.3 is 15.2 Å². The van der Waals surface area contributed by atoms with Crippen LogP contribution in [0.5, 0.6) is 0 Å². The van der Waals surface area contributed by atoms with E-state index in [-0.39, 0.29) is 5.69 Å². The van der Waals surface area contributed by atoms with E-state index in [1.807, 2.05) is 24.3 Å². The Morgan fingerprint density at radius 2 is 1.74 bits per heavy atom. The highest BCUT2D eigenvalue weighted by Gasteiger charge is 2.36. The van der Waals surface area contributed by atoms with E-state index in [2.05, 4.69) is 10.3 Å². The topological polar surface area (TPSA) is 48.1 Å². The van der Waals surface area contributed by atoms with Crippen LogP contribution in [0.25, 0.3) is 10.9 Å². The maximum absolute atomic E-state index is 14.8. The summed E-state index contributed by atoms with van der Waals surface area (Å²) in [5, 5.41) is 3.53. The van der Waals surface area contributed by atoms with Crippen LogP contribution >= 0.6 is 0 Å². The van der Waals surface area contributed by atoms with E-state index in [4.69, 9.17) is 0 Å². The molecule has 1 aliphatic rings. The van der Waals surface area contributed by atoms with Crippen LogP contribution in [0.3, 0.4) is 0 Å². The Bertz CT molecular complexity index is 1300. The monoisotopic (exact) mass is 421 g/mol. The summed E-state index contributed by atoms with van der Waals surface area (Å²) in [5.74, 6) is -2.05. The molecule has 0 radical (unpaired) electrons. The number of amides is 2. The molecule has 3 aromatic carbocycles. The second-order valence-electron chi connectivity index (χ2n) is 7.48. The van der Waals surface area contributed by atoms with Gasteiger partial charge in [0.05, 0.1) is 5.69 Å². The molecule has 0 bridgehead atoms. The van der Waals surface area contributed by atoms with Crippen molar-refractivity contribution in [3.63, 3.8) is 0 Å². The first-order chi connectivity index (χ1) is 15.0. The molecule has 0 unspecified atom stereocenters. The standard InChI is InChI=1S/C24H18F3N3O/c25-14-9-10-21(19(27)13-14)29-24(31)30-12-11-16-15-5-2-4-8-20(15)28-22(16)23(30)17-6-1-3-7-18(17)26/h1-10,13,23,28H,11-12H2,(H,29,31)/t23-/m1/s1. The van der Waals surface area contributed by atoms with Gasteiger partial charge in [0.1, 0.15) is 23.5 Å². The number of benzene rings is 3. The van der Waals surface area contributed by atoms with E-state index in [1.165, 1.54) is 17.0 Å². The highest BCUT2D eigenvalue weighted by molar-refractivity contribution is 5.91. The molecule has 4 aromatic rings. The van der Waals surface area contributed by atoms with Crippen molar-refractivity contribution >= 4 is 22.6 Å². The Labute approximate surface area is 176 Å². The molecule has 0 spiro atoms. The fraction of sp³-hybridized carbons (Fsp3) is 0.125. The highest BCUT2D eigenvalue weighted by atomic mass is 19.1. The van der Waals surface area contributed by atoms with Crippen molar-refractivity contribution in [2.75, 3.05) is 11.9 Å². The highest BCUT2D eigenvalue weighted by Crippen LogP contribution is 2.39. The van der Waals surface area contributed by atoms with Crippen molar-refractivity contribution in [3.8, 4) is 0 Å². The Morgan fingerprint density at radius 3 is 2.55 bits per heavy atom. The number of urea groups is 1. The molecule has 0 aliphatic carbocycles. The molecule has 2 N–H and O–H groups in total. The van der Waals surface area contributed by atoms with Gasteiger partial charge in [0.15, 0.2) is 0 Å². The summed E-state index contributed by atoms with van der Waals surface area (Å²) >= 11 is 0. The van der Waals surface area contributed by atoms with Crippen LogP contribution in [0.1, 0.15) is 22.9 Å². The zero-order chi connectivity index (χ0) is 21.5. The quantitative estimate of drug-likeness (QED) is 0.424. The molecule has 0 saturated heterocycles. The van der Waals surface area contributed by atoms with E-state index in [1.54, 1.807) is 18.2 Å². The average Bonchev–Trinajstić information content (AvgIpc) is 3.14. The van der Waals surface area contributed by atoms with Gasteiger partial charge in [-0.15, -0.1) is 0 Å². The SMILES string of the molecule is O=C(Nc1ccc(F)cc1F)N1CCc2c([nH]c3ccccc23)[C@H]1c1ccccc1F. The molecule has 1 atom stereocenters. The smallest absolute Gasteiger partial charge is 0.322 e. The number of aromatic nitrogens is 1. The zero-order valence-corrected chi connectivity index (χ0v) is 16.3. The second kappa shape index (κ2) is 7.50. The number of hydrogen-bond donors (Lipinski definition) is 2. The number of anilines is 1. The Balaban J connectivity index is 1.59. The minimum absolute atomic E-state index is 0.138. The van der Waals surface area contributed by atoms with Crippen LogP contribution in [0.2, 0.25) is 0 Å². The molecular formula is C24H18F3N3O. The summed E-state index contributed by atoms with van der Waals surface area (Å²) < 4.78 is 42.1. The number of aromatic amines is 1. The summed E-state index contributed by atoms with van der Waals surface area (Å²) in [7, 11) is 0. The molecule has 2 amide bonds. The van der Waals surface area contributed by atoms with Gasteiger partial charge in [-0.3, -0.25) is 0 Å². The summed E-state index contributed by atoms with van der Waals surface area (Å²) in [4.78, 5) is 18.0. The fourth-order valence-corrected chi connectivity index (χ4v) is 4.26. The minimum atomic E-state index is -0.876. The predicted octanol–water partition coefficient (Wildman–Crippen LogP) is 5.76. The van der Waals surface area contributed by atoms with Gasteiger partial charge in [-0.05, 0) is 36.2 Å². The third-order valence-electron chi connectivity index (χ3n) is 5.67. The van der Waals surface area contributed by atoms with Gasteiger partial charge in [-0.25, -0.2) is 18.0 Å². The van der Waals surface area contributed by atoms with Crippen molar-refractivity contribution in [1.82, 2.24) is 9.88 Å². The number of carbonyl (C=O) groups is 1. The van der Waals surface area contributed by atoms with Gasteiger partial charge in [0.2, 0.25) is 0 Å². The first-order valence-electron chi connectivity index (χ1n) is 9.89. The van der Waals surface area contributed by atoms with Crippen LogP contribution in [0.4, 0.5) is 23.7 Å². The fourth-order valence-electron chi connectivity index (χ4n) is 4.26. The molecule has 7 heteroatoms. The Kier molecular flexibility index (Phi) is 4.66. The van der Waals surface area contributed by atoms with Crippen molar-refractivity contribution in [1.29, 1.82) is 0 Å². The van der Waals surface area contributed by atoms with Crippen LogP contribution < -0.4 is 5.32 Å². The first-order valence-corrected chi connectivity index (χ1v) is 9.89. The number of rotatable bonds is 2. The lowest BCUT2D eigenvalue weighted by Crippen LogP contribution is -2.43. The van der Waals surface area contributed by atoms with Gasteiger partial charge in [-0.2, -0.15) is 0 Å². The van der Waals surface area contributed by atoms with E-state index in [0.717, 1.165) is 28.2 Å². The van der Waals surface area contributed by atoms with Crippen LogP contribution in [-0.2, 0) is 6.42 Å². The van der Waals surface area contributed by atoms with Gasteiger partial charge >= 0.3 is 6.03 Å². The molecular weight excluding hydrogens is 403 g/mol.